The van der Waals surface area contributed by atoms with E-state index >= 15 is 0 Å². The normalized spacial score (nSPS) is 21.8. The van der Waals surface area contributed by atoms with Gasteiger partial charge in [-0.15, -0.1) is 0 Å². The van der Waals surface area contributed by atoms with Crippen LogP contribution in [0.3, 0.4) is 0 Å². The zero-order valence-corrected chi connectivity index (χ0v) is 18.3. The number of hydrogen-bond acceptors (Lipinski definition) is 3. The number of amides is 1. The molecule has 1 aliphatic carbocycles. The first-order valence-electron chi connectivity index (χ1n) is 10.2. The SMILES string of the molecule is C[C@H]1[C@H](C)CCC[C@H]1NC(=O)c1cc(Sc2cccc(Cl)c2)nc2ccccc12. The van der Waals surface area contributed by atoms with Crippen molar-refractivity contribution in [2.24, 2.45) is 11.8 Å². The highest BCUT2D eigenvalue weighted by molar-refractivity contribution is 7.99. The second-order valence-corrected chi connectivity index (χ2v) is 9.46. The fourth-order valence-corrected chi connectivity index (χ4v) is 5.22. The minimum absolute atomic E-state index is 0.0116. The van der Waals surface area contributed by atoms with E-state index in [1.54, 1.807) is 0 Å². The maximum Gasteiger partial charge on any atom is 0.252 e. The first kappa shape index (κ1) is 20.2. The molecule has 1 N–H and O–H groups in total. The van der Waals surface area contributed by atoms with E-state index in [4.69, 9.17) is 16.6 Å². The van der Waals surface area contributed by atoms with E-state index in [1.807, 2.05) is 54.6 Å². The number of fused-ring (bicyclic) bond motifs is 1. The standard InChI is InChI=1S/C24H25ClN2OS/c1-15-7-5-12-21(16(15)2)27-24(28)20-14-23(26-22-11-4-3-10-19(20)22)29-18-9-6-8-17(25)13-18/h3-4,6,8-11,13-16,21H,5,7,12H2,1-2H3,(H,27,28)/t15-,16+,21-/m1/s1. The van der Waals surface area contributed by atoms with Crippen molar-refractivity contribution < 1.29 is 4.79 Å². The summed E-state index contributed by atoms with van der Waals surface area (Å²) in [5.41, 5.74) is 1.51. The van der Waals surface area contributed by atoms with Crippen molar-refractivity contribution in [2.45, 2.75) is 49.1 Å². The van der Waals surface area contributed by atoms with Crippen LogP contribution in [0.1, 0.15) is 43.5 Å². The maximum absolute atomic E-state index is 13.3. The van der Waals surface area contributed by atoms with Gasteiger partial charge in [0.25, 0.3) is 5.91 Å². The van der Waals surface area contributed by atoms with Crippen LogP contribution in [0.5, 0.6) is 0 Å². The Bertz CT molecular complexity index is 1040. The molecule has 3 aromatic rings. The Morgan fingerprint density at radius 2 is 1.93 bits per heavy atom. The molecule has 3 nitrogen and oxygen atoms in total. The number of nitrogens with zero attached hydrogens (tertiary/aromatic N) is 1. The lowest BCUT2D eigenvalue weighted by Gasteiger charge is -2.34. The van der Waals surface area contributed by atoms with E-state index in [-0.39, 0.29) is 11.9 Å². The van der Waals surface area contributed by atoms with Crippen molar-refractivity contribution in [1.82, 2.24) is 10.3 Å². The predicted molar refractivity (Wildman–Crippen MR) is 121 cm³/mol. The van der Waals surface area contributed by atoms with Crippen molar-refractivity contribution in [3.05, 3.63) is 65.2 Å². The Hall–Kier alpha value is -2.04. The highest BCUT2D eigenvalue weighted by Crippen LogP contribution is 2.32. The summed E-state index contributed by atoms with van der Waals surface area (Å²) in [5.74, 6) is 1.11. The maximum atomic E-state index is 13.3. The third-order valence-electron chi connectivity index (χ3n) is 5.98. The quantitative estimate of drug-likeness (QED) is 0.513. The number of pyridine rings is 1. The third-order valence-corrected chi connectivity index (χ3v) is 7.12. The van der Waals surface area contributed by atoms with Gasteiger partial charge in [-0.1, -0.05) is 74.3 Å². The van der Waals surface area contributed by atoms with E-state index in [1.165, 1.54) is 24.6 Å². The number of para-hydroxylation sites is 1. The van der Waals surface area contributed by atoms with Crippen LogP contribution in [-0.2, 0) is 0 Å². The number of halogens is 1. The lowest BCUT2D eigenvalue weighted by Crippen LogP contribution is -2.43. The topological polar surface area (TPSA) is 42.0 Å². The monoisotopic (exact) mass is 424 g/mol. The van der Waals surface area contributed by atoms with Gasteiger partial charge in [-0.2, -0.15) is 0 Å². The molecule has 0 radical (unpaired) electrons. The van der Waals surface area contributed by atoms with Gasteiger partial charge in [-0.05, 0) is 48.6 Å². The van der Waals surface area contributed by atoms with Crippen molar-refractivity contribution in [3.63, 3.8) is 0 Å². The Balaban J connectivity index is 1.66. The molecular weight excluding hydrogens is 400 g/mol. The molecule has 2 aromatic carbocycles. The van der Waals surface area contributed by atoms with Crippen LogP contribution in [0.25, 0.3) is 10.9 Å². The zero-order valence-electron chi connectivity index (χ0n) is 16.7. The number of carbonyl (C=O) groups excluding carboxylic acids is 1. The van der Waals surface area contributed by atoms with E-state index in [0.717, 1.165) is 27.2 Å². The molecule has 0 aliphatic heterocycles. The first-order valence-corrected chi connectivity index (χ1v) is 11.3. The summed E-state index contributed by atoms with van der Waals surface area (Å²) in [6.07, 6.45) is 3.46. The molecule has 0 spiro atoms. The highest BCUT2D eigenvalue weighted by Gasteiger charge is 2.29. The second kappa shape index (κ2) is 8.76. The van der Waals surface area contributed by atoms with Crippen LogP contribution in [0, 0.1) is 11.8 Å². The van der Waals surface area contributed by atoms with Gasteiger partial charge >= 0.3 is 0 Å². The van der Waals surface area contributed by atoms with E-state index in [9.17, 15) is 4.79 Å². The van der Waals surface area contributed by atoms with E-state index in [2.05, 4.69) is 19.2 Å². The minimum atomic E-state index is -0.0116. The van der Waals surface area contributed by atoms with Crippen LogP contribution < -0.4 is 5.32 Å². The number of nitrogens with one attached hydrogen (secondary N) is 1. The fourth-order valence-electron chi connectivity index (χ4n) is 4.07. The van der Waals surface area contributed by atoms with Crippen LogP contribution in [0.15, 0.2) is 64.5 Å². The third kappa shape index (κ3) is 4.59. The number of aromatic nitrogens is 1. The molecule has 1 saturated carbocycles. The Labute approximate surface area is 181 Å². The first-order chi connectivity index (χ1) is 14.0. The van der Waals surface area contributed by atoms with Gasteiger partial charge in [-0.3, -0.25) is 4.79 Å². The molecule has 1 heterocycles. The molecular formula is C24H25ClN2OS. The summed E-state index contributed by atoms with van der Waals surface area (Å²) in [6.45, 7) is 4.53. The molecule has 5 heteroatoms. The average Bonchev–Trinajstić information content (AvgIpc) is 2.71. The lowest BCUT2D eigenvalue weighted by molar-refractivity contribution is 0.0892. The second-order valence-electron chi connectivity index (χ2n) is 7.93. The van der Waals surface area contributed by atoms with Gasteiger partial charge in [0.05, 0.1) is 11.1 Å². The van der Waals surface area contributed by atoms with Crippen LogP contribution in [-0.4, -0.2) is 16.9 Å². The predicted octanol–water partition coefficient (Wildman–Crippen LogP) is 6.59. The average molecular weight is 425 g/mol. The zero-order chi connectivity index (χ0) is 20.4. The van der Waals surface area contributed by atoms with Crippen molar-refractivity contribution in [3.8, 4) is 0 Å². The Morgan fingerprint density at radius 1 is 1.10 bits per heavy atom. The van der Waals surface area contributed by atoms with Gasteiger partial charge in [0.15, 0.2) is 0 Å². The molecule has 1 aliphatic rings. The van der Waals surface area contributed by atoms with Crippen LogP contribution in [0.4, 0.5) is 0 Å². The molecule has 1 amide bonds. The minimum Gasteiger partial charge on any atom is -0.349 e. The molecule has 29 heavy (non-hydrogen) atoms. The Kier molecular flexibility index (Phi) is 6.12. The molecule has 1 fully saturated rings. The van der Waals surface area contributed by atoms with Gasteiger partial charge in [0.1, 0.15) is 5.03 Å². The molecule has 0 saturated heterocycles. The Morgan fingerprint density at radius 3 is 2.76 bits per heavy atom. The van der Waals surface area contributed by atoms with E-state index in [0.29, 0.717) is 22.4 Å². The van der Waals surface area contributed by atoms with Gasteiger partial charge in [-0.25, -0.2) is 4.98 Å². The number of carbonyl (C=O) groups is 1. The van der Waals surface area contributed by atoms with Gasteiger partial charge in [0, 0.05) is 21.3 Å². The number of rotatable bonds is 4. The molecule has 3 atom stereocenters. The summed E-state index contributed by atoms with van der Waals surface area (Å²) in [4.78, 5) is 19.0. The molecule has 4 rings (SSSR count). The number of hydrogen-bond donors (Lipinski definition) is 1. The van der Waals surface area contributed by atoms with Crippen molar-refractivity contribution in [1.29, 1.82) is 0 Å². The van der Waals surface area contributed by atoms with Gasteiger partial charge < -0.3 is 5.32 Å². The highest BCUT2D eigenvalue weighted by atomic mass is 35.5. The van der Waals surface area contributed by atoms with Crippen LogP contribution >= 0.6 is 23.4 Å². The van der Waals surface area contributed by atoms with E-state index < -0.39 is 0 Å². The summed E-state index contributed by atoms with van der Waals surface area (Å²) in [6, 6.07) is 17.6. The molecule has 0 unspecified atom stereocenters. The van der Waals surface area contributed by atoms with Crippen molar-refractivity contribution in [2.75, 3.05) is 0 Å². The summed E-state index contributed by atoms with van der Waals surface area (Å²) in [5, 5.41) is 5.68. The largest absolute Gasteiger partial charge is 0.349 e. The van der Waals surface area contributed by atoms with Crippen LogP contribution in [0.2, 0.25) is 5.02 Å². The number of benzene rings is 2. The van der Waals surface area contributed by atoms with Gasteiger partial charge in [0.2, 0.25) is 0 Å². The van der Waals surface area contributed by atoms with Crippen molar-refractivity contribution >= 4 is 40.2 Å². The molecule has 0 bridgehead atoms. The summed E-state index contributed by atoms with van der Waals surface area (Å²) in [7, 11) is 0. The summed E-state index contributed by atoms with van der Waals surface area (Å²) >= 11 is 7.64. The fraction of sp³-hybridized carbons (Fsp3) is 0.333. The molecule has 1 aromatic heterocycles. The molecule has 150 valence electrons. The smallest absolute Gasteiger partial charge is 0.252 e. The summed E-state index contributed by atoms with van der Waals surface area (Å²) < 4.78 is 0. The lowest BCUT2D eigenvalue weighted by atomic mass is 9.78.